The SMILES string of the molecule is CC(C)(C)OC(=O)N1CC(O)CC1C(=O)NCc1cc(-c2ccc(C(F)(F)F)nc2)ncn1. The van der Waals surface area contributed by atoms with E-state index in [1.807, 2.05) is 0 Å². The molecule has 0 aromatic carbocycles. The number of nitrogens with one attached hydrogen (secondary N) is 1. The average Bonchev–Trinajstić information content (AvgIpc) is 3.12. The Morgan fingerprint density at radius 2 is 1.94 bits per heavy atom. The van der Waals surface area contributed by atoms with Crippen LogP contribution in [-0.2, 0) is 22.3 Å². The summed E-state index contributed by atoms with van der Waals surface area (Å²) >= 11 is 0. The van der Waals surface area contributed by atoms with E-state index >= 15 is 0 Å². The van der Waals surface area contributed by atoms with Gasteiger partial charge in [0.1, 0.15) is 23.7 Å². The van der Waals surface area contributed by atoms with E-state index in [1.54, 1.807) is 20.8 Å². The third kappa shape index (κ3) is 6.37. The minimum Gasteiger partial charge on any atom is -0.444 e. The van der Waals surface area contributed by atoms with Gasteiger partial charge in [0.05, 0.1) is 30.6 Å². The molecule has 1 aliphatic rings. The molecule has 178 valence electrons. The van der Waals surface area contributed by atoms with E-state index in [-0.39, 0.29) is 19.5 Å². The fraction of sp³-hybridized carbons (Fsp3) is 0.476. The average molecular weight is 467 g/mol. The second-order valence-electron chi connectivity index (χ2n) is 8.58. The van der Waals surface area contributed by atoms with E-state index in [0.717, 1.165) is 12.3 Å². The number of carbonyl (C=O) groups excluding carboxylic acids is 2. The van der Waals surface area contributed by atoms with Gasteiger partial charge in [0, 0.05) is 18.2 Å². The molecule has 0 spiro atoms. The molecule has 2 aromatic heterocycles. The van der Waals surface area contributed by atoms with Crippen molar-refractivity contribution in [1.82, 2.24) is 25.2 Å². The molecule has 2 amide bonds. The standard InChI is InChI=1S/C21H24F3N5O4/c1-20(2,3)33-19(32)29-10-14(30)7-16(29)18(31)26-9-13-6-15(28-11-27-13)12-4-5-17(25-8-12)21(22,23)24/h4-6,8,11,14,16,30H,7,9-10H2,1-3H3,(H,26,31). The first kappa shape index (κ1) is 24.4. The van der Waals surface area contributed by atoms with Crippen LogP contribution in [0.4, 0.5) is 18.0 Å². The third-order valence-corrected chi connectivity index (χ3v) is 4.73. The molecule has 0 radical (unpaired) electrons. The Kier molecular flexibility index (Phi) is 6.86. The molecule has 2 atom stereocenters. The largest absolute Gasteiger partial charge is 0.444 e. The van der Waals surface area contributed by atoms with Crippen LogP contribution in [0.25, 0.3) is 11.3 Å². The molecule has 1 saturated heterocycles. The van der Waals surface area contributed by atoms with Crippen LogP contribution in [0.1, 0.15) is 38.6 Å². The molecule has 0 bridgehead atoms. The zero-order chi connectivity index (χ0) is 24.4. The van der Waals surface area contributed by atoms with Crippen LogP contribution in [-0.4, -0.2) is 61.3 Å². The van der Waals surface area contributed by atoms with E-state index in [0.29, 0.717) is 17.0 Å². The summed E-state index contributed by atoms with van der Waals surface area (Å²) in [7, 11) is 0. The first-order valence-corrected chi connectivity index (χ1v) is 10.1. The van der Waals surface area contributed by atoms with Crippen molar-refractivity contribution < 1.29 is 32.6 Å². The van der Waals surface area contributed by atoms with Crippen LogP contribution in [0.2, 0.25) is 0 Å². The zero-order valence-corrected chi connectivity index (χ0v) is 18.3. The number of halogens is 3. The summed E-state index contributed by atoms with van der Waals surface area (Å²) in [4.78, 5) is 37.8. The third-order valence-electron chi connectivity index (χ3n) is 4.73. The lowest BCUT2D eigenvalue weighted by Gasteiger charge is -2.27. The van der Waals surface area contributed by atoms with Gasteiger partial charge in [-0.1, -0.05) is 0 Å². The number of β-amino-alcohol motifs (C(OH)–C–C–N with tert-alkyl or cyclic N) is 1. The number of pyridine rings is 1. The van der Waals surface area contributed by atoms with E-state index in [1.165, 1.54) is 23.4 Å². The summed E-state index contributed by atoms with van der Waals surface area (Å²) < 4.78 is 43.4. The summed E-state index contributed by atoms with van der Waals surface area (Å²) in [5, 5.41) is 12.6. The van der Waals surface area contributed by atoms with Gasteiger partial charge in [-0.05, 0) is 39.0 Å². The van der Waals surface area contributed by atoms with Crippen molar-refractivity contribution in [1.29, 1.82) is 0 Å². The van der Waals surface area contributed by atoms with Gasteiger partial charge in [0.25, 0.3) is 0 Å². The Labute approximate surface area is 188 Å². The van der Waals surface area contributed by atoms with Crippen molar-refractivity contribution in [2.75, 3.05) is 6.54 Å². The molecule has 2 unspecified atom stereocenters. The summed E-state index contributed by atoms with van der Waals surface area (Å²) in [5.74, 6) is -0.492. The van der Waals surface area contributed by atoms with E-state index in [4.69, 9.17) is 4.74 Å². The molecule has 2 N–H and O–H groups in total. The minimum atomic E-state index is -4.54. The second-order valence-corrected chi connectivity index (χ2v) is 8.58. The number of ether oxygens (including phenoxy) is 1. The first-order valence-electron chi connectivity index (χ1n) is 10.1. The molecule has 12 heteroatoms. The fourth-order valence-electron chi connectivity index (χ4n) is 3.25. The zero-order valence-electron chi connectivity index (χ0n) is 18.3. The Bertz CT molecular complexity index is 1010. The van der Waals surface area contributed by atoms with Crippen molar-refractivity contribution in [2.24, 2.45) is 0 Å². The lowest BCUT2D eigenvalue weighted by Crippen LogP contribution is -2.47. The lowest BCUT2D eigenvalue weighted by atomic mass is 10.1. The van der Waals surface area contributed by atoms with Crippen LogP contribution >= 0.6 is 0 Å². The number of hydrogen-bond acceptors (Lipinski definition) is 7. The van der Waals surface area contributed by atoms with E-state index in [2.05, 4.69) is 20.3 Å². The number of hydrogen-bond donors (Lipinski definition) is 2. The number of rotatable bonds is 4. The number of likely N-dealkylation sites (tertiary alicyclic amines) is 1. The number of aromatic nitrogens is 3. The number of nitrogens with zero attached hydrogens (tertiary/aromatic N) is 4. The summed E-state index contributed by atoms with van der Waals surface area (Å²) in [6.07, 6.45) is -3.74. The molecule has 1 fully saturated rings. The van der Waals surface area contributed by atoms with Crippen molar-refractivity contribution in [3.63, 3.8) is 0 Å². The van der Waals surface area contributed by atoms with Crippen molar-refractivity contribution in [3.05, 3.63) is 42.1 Å². The molecule has 33 heavy (non-hydrogen) atoms. The van der Waals surface area contributed by atoms with Crippen molar-refractivity contribution in [3.8, 4) is 11.3 Å². The van der Waals surface area contributed by atoms with Crippen LogP contribution in [0, 0.1) is 0 Å². The van der Waals surface area contributed by atoms with Gasteiger partial charge >= 0.3 is 12.3 Å². The van der Waals surface area contributed by atoms with Gasteiger partial charge in [-0.3, -0.25) is 14.7 Å². The van der Waals surface area contributed by atoms with Crippen molar-refractivity contribution >= 4 is 12.0 Å². The Hall–Kier alpha value is -3.28. The summed E-state index contributed by atoms with van der Waals surface area (Å²) in [5.41, 5.74) is -0.678. The van der Waals surface area contributed by atoms with E-state index < -0.39 is 41.6 Å². The number of amides is 2. The number of aliphatic hydroxyl groups is 1. The van der Waals surface area contributed by atoms with Gasteiger partial charge in [-0.2, -0.15) is 13.2 Å². The highest BCUT2D eigenvalue weighted by atomic mass is 19.4. The highest BCUT2D eigenvalue weighted by Crippen LogP contribution is 2.28. The first-order chi connectivity index (χ1) is 15.3. The predicted octanol–water partition coefficient (Wildman–Crippen LogP) is 2.54. The molecular formula is C21H24F3N5O4. The number of carbonyl (C=O) groups is 2. The second kappa shape index (κ2) is 9.30. The van der Waals surface area contributed by atoms with Crippen LogP contribution in [0.3, 0.4) is 0 Å². The molecule has 0 aliphatic carbocycles. The maximum atomic E-state index is 12.7. The minimum absolute atomic E-state index is 0.0167. The predicted molar refractivity (Wildman–Crippen MR) is 109 cm³/mol. The van der Waals surface area contributed by atoms with E-state index in [9.17, 15) is 27.9 Å². The van der Waals surface area contributed by atoms with Gasteiger partial charge in [0.15, 0.2) is 0 Å². The van der Waals surface area contributed by atoms with Crippen LogP contribution in [0.5, 0.6) is 0 Å². The van der Waals surface area contributed by atoms with Crippen LogP contribution < -0.4 is 5.32 Å². The normalized spacial score (nSPS) is 18.8. The monoisotopic (exact) mass is 467 g/mol. The summed E-state index contributed by atoms with van der Waals surface area (Å²) in [6.45, 7) is 5.06. The highest BCUT2D eigenvalue weighted by molar-refractivity contribution is 5.86. The lowest BCUT2D eigenvalue weighted by molar-refractivity contribution is -0.141. The molecule has 3 heterocycles. The maximum absolute atomic E-state index is 12.7. The van der Waals surface area contributed by atoms with Gasteiger partial charge in [-0.25, -0.2) is 14.8 Å². The number of aliphatic hydroxyl groups excluding tert-OH is 1. The van der Waals surface area contributed by atoms with Gasteiger partial charge in [0.2, 0.25) is 5.91 Å². The molecule has 9 nitrogen and oxygen atoms in total. The molecular weight excluding hydrogens is 443 g/mol. The maximum Gasteiger partial charge on any atom is 0.433 e. The van der Waals surface area contributed by atoms with Crippen molar-refractivity contribution in [2.45, 2.75) is 57.7 Å². The Morgan fingerprint density at radius 1 is 1.21 bits per heavy atom. The highest BCUT2D eigenvalue weighted by Gasteiger charge is 2.40. The van der Waals surface area contributed by atoms with Crippen LogP contribution in [0.15, 0.2) is 30.7 Å². The fourth-order valence-corrected chi connectivity index (χ4v) is 3.25. The molecule has 0 saturated carbocycles. The van der Waals surface area contributed by atoms with Gasteiger partial charge in [-0.15, -0.1) is 0 Å². The molecule has 3 rings (SSSR count). The smallest absolute Gasteiger partial charge is 0.433 e. The van der Waals surface area contributed by atoms with Gasteiger partial charge < -0.3 is 15.2 Å². The summed E-state index contributed by atoms with van der Waals surface area (Å²) in [6, 6.07) is 2.71. The topological polar surface area (TPSA) is 118 Å². The number of alkyl halides is 3. The quantitative estimate of drug-likeness (QED) is 0.710. The molecule has 2 aromatic rings. The Balaban J connectivity index is 1.66. The Morgan fingerprint density at radius 3 is 2.55 bits per heavy atom. The molecule has 1 aliphatic heterocycles.